The lowest BCUT2D eigenvalue weighted by molar-refractivity contribution is -0.199. The van der Waals surface area contributed by atoms with Crippen LogP contribution in [0, 0.1) is 53.4 Å². The minimum Gasteiger partial charge on any atom is -0.489 e. The fourth-order valence-electron chi connectivity index (χ4n) is 11.7. The van der Waals surface area contributed by atoms with E-state index in [0.717, 1.165) is 32.8 Å². The van der Waals surface area contributed by atoms with E-state index in [1.807, 2.05) is 99.8 Å². The molecule has 3 heterocycles. The fourth-order valence-corrected chi connectivity index (χ4v) is 12.7. The molecule has 3 aliphatic rings. The molecule has 2 fully saturated rings. The van der Waals surface area contributed by atoms with Gasteiger partial charge in [0.05, 0.1) is 45.7 Å². The number of ketones is 1. The minimum absolute atomic E-state index is 0.0232. The summed E-state index contributed by atoms with van der Waals surface area (Å²) in [7, 11) is 0. The van der Waals surface area contributed by atoms with Gasteiger partial charge in [0.2, 0.25) is 17.5 Å². The van der Waals surface area contributed by atoms with E-state index in [2.05, 4.69) is 65.1 Å². The van der Waals surface area contributed by atoms with E-state index >= 15 is 0 Å². The Hall–Kier alpha value is -6.81. The normalized spacial score (nSPS) is 21.2. The SMILES string of the molecule is [C-]#[N+]c1ccc(OC2C(C)(C)C(N3Cc4cc(C#Cc5ccn(CCCC(=O)N[C@H](C(=O)C6C[C@H](OC(C)=O)C[C@H]6C(=O)N[C@@H](C)c6ccc(-c7scnc7C)cc6)C(C)(C)C)n5)ccc4C3=O)C2(C)C)cc1Cl. The smallest absolute Gasteiger partial charge is 0.302 e. The molecule has 2 aromatic heterocycles. The summed E-state index contributed by atoms with van der Waals surface area (Å²) >= 11 is 7.89. The second-order valence-corrected chi connectivity index (χ2v) is 23.5. The molecular weight excluding hydrogens is 974 g/mol. The monoisotopic (exact) mass is 1040 g/mol. The maximum atomic E-state index is 14.5. The predicted molar refractivity (Wildman–Crippen MR) is 284 cm³/mol. The number of hydrogen-bond donors (Lipinski definition) is 2. The van der Waals surface area contributed by atoms with E-state index in [0.29, 0.717) is 47.2 Å². The molecule has 3 amide bonds. The average Bonchev–Trinajstić information content (AvgIpc) is 4.15. The van der Waals surface area contributed by atoms with Gasteiger partial charge in [-0.3, -0.25) is 28.7 Å². The van der Waals surface area contributed by atoms with Gasteiger partial charge in [0.15, 0.2) is 5.78 Å². The van der Waals surface area contributed by atoms with Crippen molar-refractivity contribution in [2.75, 3.05) is 0 Å². The number of carbonyl (C=O) groups excluding carboxylic acids is 5. The zero-order valence-corrected chi connectivity index (χ0v) is 45.2. The Labute approximate surface area is 442 Å². The Morgan fingerprint density at radius 3 is 2.34 bits per heavy atom. The number of esters is 1. The van der Waals surface area contributed by atoms with Crippen LogP contribution in [0.25, 0.3) is 15.3 Å². The number of amides is 3. The number of aryl methyl sites for hydroxylation is 2. The molecule has 0 saturated heterocycles. The van der Waals surface area contributed by atoms with Crippen LogP contribution < -0.4 is 15.4 Å². The lowest BCUT2D eigenvalue weighted by Gasteiger charge is -2.65. The van der Waals surface area contributed by atoms with Crippen LogP contribution in [0.3, 0.4) is 0 Å². The van der Waals surface area contributed by atoms with Gasteiger partial charge in [-0.2, -0.15) is 5.10 Å². The van der Waals surface area contributed by atoms with Gasteiger partial charge in [-0.05, 0) is 97.5 Å². The number of Topliss-reactive ketones (excluding diaryl/α,β-unsaturated/α-hetero) is 1. The van der Waals surface area contributed by atoms with Crippen LogP contribution in [0.4, 0.5) is 5.69 Å². The van der Waals surface area contributed by atoms with Crippen molar-refractivity contribution in [3.8, 4) is 28.0 Å². The van der Waals surface area contributed by atoms with Gasteiger partial charge >= 0.3 is 5.97 Å². The second-order valence-electron chi connectivity index (χ2n) is 22.2. The summed E-state index contributed by atoms with van der Waals surface area (Å²) in [6.45, 7) is 27.5. The van der Waals surface area contributed by atoms with Crippen molar-refractivity contribution in [3.05, 3.63) is 129 Å². The van der Waals surface area contributed by atoms with Crippen molar-refractivity contribution >= 4 is 58.1 Å². The highest BCUT2D eigenvalue weighted by atomic mass is 35.5. The molecule has 74 heavy (non-hydrogen) atoms. The molecule has 2 saturated carbocycles. The Kier molecular flexibility index (Phi) is 15.3. The third kappa shape index (κ3) is 11.2. The van der Waals surface area contributed by atoms with E-state index in [1.54, 1.807) is 34.2 Å². The van der Waals surface area contributed by atoms with Crippen LogP contribution >= 0.6 is 22.9 Å². The highest BCUT2D eigenvalue weighted by molar-refractivity contribution is 7.13. The average molecular weight is 1040 g/mol. The van der Waals surface area contributed by atoms with Crippen molar-refractivity contribution < 1.29 is 33.4 Å². The Morgan fingerprint density at radius 1 is 0.973 bits per heavy atom. The molecule has 1 unspecified atom stereocenters. The zero-order valence-electron chi connectivity index (χ0n) is 43.7. The molecule has 0 spiro atoms. The first-order chi connectivity index (χ1) is 35.0. The summed E-state index contributed by atoms with van der Waals surface area (Å²) < 4.78 is 13.8. The number of thiazole rings is 1. The van der Waals surface area contributed by atoms with Crippen LogP contribution in [0.2, 0.25) is 5.02 Å². The van der Waals surface area contributed by atoms with Gasteiger partial charge in [0.1, 0.15) is 23.7 Å². The first-order valence-corrected chi connectivity index (χ1v) is 26.4. The molecule has 5 aromatic rings. The summed E-state index contributed by atoms with van der Waals surface area (Å²) in [5.74, 6) is 4.02. The first-order valence-electron chi connectivity index (χ1n) is 25.1. The number of rotatable bonds is 15. The molecule has 14 nitrogen and oxygen atoms in total. The van der Waals surface area contributed by atoms with Crippen LogP contribution in [-0.4, -0.2) is 73.4 Å². The summed E-state index contributed by atoms with van der Waals surface area (Å²) in [6.07, 6.45) is 1.93. The van der Waals surface area contributed by atoms with Crippen molar-refractivity contribution in [2.24, 2.45) is 28.1 Å². The van der Waals surface area contributed by atoms with Gasteiger partial charge in [-0.1, -0.05) is 96.3 Å². The number of ether oxygens (including phenoxy) is 2. The largest absolute Gasteiger partial charge is 0.489 e. The highest BCUT2D eigenvalue weighted by Gasteiger charge is 2.67. The number of aromatic nitrogens is 3. The van der Waals surface area contributed by atoms with Crippen LogP contribution in [0.15, 0.2) is 78.4 Å². The van der Waals surface area contributed by atoms with Crippen LogP contribution in [-0.2, 0) is 37.0 Å². The molecule has 1 aliphatic heterocycles. The topological polar surface area (TPSA) is 166 Å². The molecule has 16 heteroatoms. The van der Waals surface area contributed by atoms with Gasteiger partial charge < -0.3 is 25.0 Å². The number of benzene rings is 3. The maximum absolute atomic E-state index is 14.5. The fraction of sp³-hybridized carbons (Fsp3) is 0.448. The Balaban J connectivity index is 0.849. The zero-order chi connectivity index (χ0) is 53.4. The van der Waals surface area contributed by atoms with E-state index in [1.165, 1.54) is 6.92 Å². The Bertz CT molecular complexity index is 3080. The molecular formula is C58H64ClN7O7S. The predicted octanol–water partition coefficient (Wildman–Crippen LogP) is 10.5. The third-order valence-electron chi connectivity index (χ3n) is 14.9. The van der Waals surface area contributed by atoms with E-state index in [-0.39, 0.29) is 71.8 Å². The second kappa shape index (κ2) is 21.2. The number of nitrogens with one attached hydrogen (secondary N) is 2. The van der Waals surface area contributed by atoms with Crippen molar-refractivity contribution in [1.29, 1.82) is 0 Å². The van der Waals surface area contributed by atoms with Gasteiger partial charge in [-0.25, -0.2) is 9.83 Å². The summed E-state index contributed by atoms with van der Waals surface area (Å²) in [6, 6.07) is 19.2. The molecule has 2 N–H and O–H groups in total. The van der Waals surface area contributed by atoms with E-state index in [9.17, 15) is 24.0 Å². The number of hydrogen-bond acceptors (Lipinski definition) is 10. The van der Waals surface area contributed by atoms with E-state index < -0.39 is 35.4 Å². The molecule has 5 atom stereocenters. The van der Waals surface area contributed by atoms with Gasteiger partial charge in [0.25, 0.3) is 5.91 Å². The van der Waals surface area contributed by atoms with E-state index in [4.69, 9.17) is 27.6 Å². The summed E-state index contributed by atoms with van der Waals surface area (Å²) in [5, 5.41) is 11.1. The summed E-state index contributed by atoms with van der Waals surface area (Å²) in [5.41, 5.74) is 6.50. The minimum atomic E-state index is -0.898. The lowest BCUT2D eigenvalue weighted by atomic mass is 9.49. The summed E-state index contributed by atoms with van der Waals surface area (Å²) in [4.78, 5) is 78.9. The standard InChI is InChI=1S/C58H64ClN7O7S/c1-33(37-16-18-38(19-17-37)50-34(2)61-32-74-50)62-52(70)45-29-42(72-35(3)67)28-44(45)49(69)51(56(4,5)6)63-48(68)13-12-25-65-26-24-40(64-65)20-14-36-15-22-43-39(27-36)31-66(53(43)71)54-57(7,8)55(58(54,9)10)73-41-21-23-47(60-11)46(59)30-41/h15-19,21-24,26-27,30,32-33,42,44-45,51,54-55H,12-13,25,28-29,31H2,1-10H3,(H,62,70)(H,63,68)/t33-,42-,44?,45+,51+,54?,55?/m0/s1. The molecule has 0 radical (unpaired) electrons. The third-order valence-corrected chi connectivity index (χ3v) is 16.1. The lowest BCUT2D eigenvalue weighted by Crippen LogP contribution is -2.74. The van der Waals surface area contributed by atoms with Crippen molar-refractivity contribution in [2.45, 2.75) is 138 Å². The van der Waals surface area contributed by atoms with Gasteiger partial charge in [-0.15, -0.1) is 11.3 Å². The first kappa shape index (κ1) is 53.5. The molecule has 2 aliphatic carbocycles. The number of carbonyl (C=O) groups is 5. The molecule has 8 rings (SSSR count). The highest BCUT2D eigenvalue weighted by Crippen LogP contribution is 2.59. The Morgan fingerprint density at radius 2 is 1.69 bits per heavy atom. The van der Waals surface area contributed by atoms with Crippen molar-refractivity contribution in [3.63, 3.8) is 0 Å². The van der Waals surface area contributed by atoms with Gasteiger partial charge in [0, 0.05) is 66.5 Å². The maximum Gasteiger partial charge on any atom is 0.302 e. The number of fused-ring (bicyclic) bond motifs is 1. The quantitative estimate of drug-likeness (QED) is 0.0589. The molecule has 386 valence electrons. The molecule has 3 aromatic carbocycles. The van der Waals surface area contributed by atoms with Crippen LogP contribution in [0.5, 0.6) is 5.75 Å². The number of nitrogens with zero attached hydrogens (tertiary/aromatic N) is 5. The van der Waals surface area contributed by atoms with Crippen molar-refractivity contribution in [1.82, 2.24) is 30.3 Å². The van der Waals surface area contributed by atoms with Crippen LogP contribution in [0.1, 0.15) is 132 Å². The molecule has 0 bridgehead atoms. The number of halogens is 1.